The molecule has 0 nitrogen and oxygen atoms in total. The quantitative estimate of drug-likeness (QED) is 0.429. The average molecular weight is 434 g/mol. The van der Waals surface area contributed by atoms with Crippen LogP contribution >= 0.6 is 0 Å². The van der Waals surface area contributed by atoms with E-state index in [4.69, 9.17) is 0 Å². The highest BCUT2D eigenvalue weighted by Gasteiger charge is 2.36. The number of halogens is 7. The van der Waals surface area contributed by atoms with E-state index in [0.717, 1.165) is 24.3 Å². The zero-order valence-corrected chi connectivity index (χ0v) is 17.7. The number of alkyl halides is 5. The molecule has 0 atom stereocenters. The van der Waals surface area contributed by atoms with Crippen molar-refractivity contribution in [2.45, 2.75) is 70.9 Å². The van der Waals surface area contributed by atoms with Gasteiger partial charge in [0.25, 0.3) is 5.92 Å². The van der Waals surface area contributed by atoms with Crippen molar-refractivity contribution in [2.75, 3.05) is 0 Å². The molecule has 0 radical (unpaired) electrons. The summed E-state index contributed by atoms with van der Waals surface area (Å²) in [7, 11) is 0. The Hall–Kier alpha value is -2.05. The molecule has 0 saturated carbocycles. The first kappa shape index (κ1) is 24.2. The Morgan fingerprint density at radius 2 is 1.23 bits per heavy atom. The Kier molecular flexibility index (Phi) is 6.12. The molecular weight excluding hydrogens is 409 g/mol. The summed E-state index contributed by atoms with van der Waals surface area (Å²) >= 11 is 0. The van der Waals surface area contributed by atoms with Gasteiger partial charge in [-0.1, -0.05) is 40.7 Å². The van der Waals surface area contributed by atoms with Crippen molar-refractivity contribution in [2.24, 2.45) is 0 Å². The van der Waals surface area contributed by atoms with Gasteiger partial charge in [0.1, 0.15) is 11.6 Å². The van der Waals surface area contributed by atoms with Crippen LogP contribution in [0.3, 0.4) is 0 Å². The van der Waals surface area contributed by atoms with Crippen molar-refractivity contribution in [3.63, 3.8) is 0 Å². The van der Waals surface area contributed by atoms with Crippen LogP contribution in [0.15, 0.2) is 30.3 Å². The topological polar surface area (TPSA) is 0 Å². The Morgan fingerprint density at radius 1 is 0.700 bits per heavy atom. The summed E-state index contributed by atoms with van der Waals surface area (Å²) in [5, 5.41) is 0. The lowest BCUT2D eigenvalue weighted by Crippen LogP contribution is -2.25. The minimum Gasteiger partial charge on any atom is -0.206 e. The molecule has 0 aromatic heterocycles. The van der Waals surface area contributed by atoms with E-state index < -0.39 is 45.7 Å². The van der Waals surface area contributed by atoms with Crippen LogP contribution in [-0.2, 0) is 29.3 Å². The van der Waals surface area contributed by atoms with Gasteiger partial charge in [-0.2, -0.15) is 13.2 Å². The number of rotatable bonds is 4. The lowest BCUT2D eigenvalue weighted by atomic mass is 9.76. The maximum absolute atomic E-state index is 15.2. The van der Waals surface area contributed by atoms with Crippen LogP contribution in [0.2, 0.25) is 0 Å². The van der Waals surface area contributed by atoms with E-state index in [-0.39, 0.29) is 23.1 Å². The smallest absolute Gasteiger partial charge is 0.206 e. The molecule has 7 heteroatoms. The Bertz CT molecular complexity index is 926. The molecular formula is C23H25F7. The van der Waals surface area contributed by atoms with Crippen LogP contribution < -0.4 is 0 Å². The predicted octanol–water partition coefficient (Wildman–Crippen LogP) is 7.91. The van der Waals surface area contributed by atoms with E-state index in [2.05, 4.69) is 0 Å². The van der Waals surface area contributed by atoms with Gasteiger partial charge in [0.15, 0.2) is 0 Å². The molecule has 0 saturated heterocycles. The molecule has 0 aliphatic carbocycles. The number of hydrogen-bond acceptors (Lipinski definition) is 0. The van der Waals surface area contributed by atoms with Crippen molar-refractivity contribution in [3.8, 4) is 0 Å². The van der Waals surface area contributed by atoms with E-state index in [1.165, 1.54) is 6.07 Å². The molecule has 166 valence electrons. The molecule has 0 heterocycles. The second-order valence-corrected chi connectivity index (χ2v) is 9.39. The van der Waals surface area contributed by atoms with Crippen LogP contribution in [0.5, 0.6) is 0 Å². The fraction of sp³-hybridized carbons (Fsp3) is 0.478. The molecule has 0 bridgehead atoms. The fourth-order valence-electron chi connectivity index (χ4n) is 3.38. The molecule has 2 rings (SSSR count). The molecule has 0 amide bonds. The highest BCUT2D eigenvalue weighted by Crippen LogP contribution is 2.39. The van der Waals surface area contributed by atoms with E-state index in [1.54, 1.807) is 34.6 Å². The molecule has 0 spiro atoms. The monoisotopic (exact) mass is 434 g/mol. The Labute approximate surface area is 172 Å². The second-order valence-electron chi connectivity index (χ2n) is 9.39. The Morgan fingerprint density at radius 3 is 1.70 bits per heavy atom. The lowest BCUT2D eigenvalue weighted by molar-refractivity contribution is -0.137. The zero-order chi connectivity index (χ0) is 23.3. The zero-order valence-electron chi connectivity index (χ0n) is 17.7. The lowest BCUT2D eigenvalue weighted by Gasteiger charge is -2.29. The van der Waals surface area contributed by atoms with Gasteiger partial charge in [-0.25, -0.2) is 17.6 Å². The SMILES string of the molecule is CC(C)(C)c1cc(C(F)(F)F)cc(CC(C)(C)c2ccc(F)c(C(C)(F)F)c2)c1F. The van der Waals surface area contributed by atoms with E-state index in [1.807, 2.05) is 0 Å². The first-order chi connectivity index (χ1) is 13.3. The van der Waals surface area contributed by atoms with Crippen LogP contribution in [0.4, 0.5) is 30.7 Å². The first-order valence-electron chi connectivity index (χ1n) is 9.42. The minimum absolute atomic E-state index is 0.0805. The molecule has 2 aromatic rings. The number of benzene rings is 2. The molecule has 0 aliphatic heterocycles. The normalized spacial score (nSPS) is 13.6. The van der Waals surface area contributed by atoms with Crippen molar-refractivity contribution < 1.29 is 30.7 Å². The highest BCUT2D eigenvalue weighted by molar-refractivity contribution is 5.40. The van der Waals surface area contributed by atoms with Gasteiger partial charge in [-0.05, 0) is 58.2 Å². The summed E-state index contributed by atoms with van der Waals surface area (Å²) in [6.45, 7) is 8.56. The molecule has 0 unspecified atom stereocenters. The third kappa shape index (κ3) is 5.16. The van der Waals surface area contributed by atoms with Gasteiger partial charge in [-0.15, -0.1) is 0 Å². The standard InChI is InChI=1S/C23H25F7/c1-20(2,3)17-11-15(23(28,29)30)9-13(19(17)25)12-21(4,5)14-7-8-18(24)16(10-14)22(6,26)27/h7-11H,12H2,1-6H3. The molecule has 0 fully saturated rings. The van der Waals surface area contributed by atoms with Crippen molar-refractivity contribution in [3.05, 3.63) is 69.8 Å². The summed E-state index contributed by atoms with van der Waals surface area (Å²) in [4.78, 5) is 0. The Balaban J connectivity index is 2.61. The van der Waals surface area contributed by atoms with Crippen LogP contribution in [0.25, 0.3) is 0 Å². The average Bonchev–Trinajstić information content (AvgIpc) is 2.53. The predicted molar refractivity (Wildman–Crippen MR) is 103 cm³/mol. The summed E-state index contributed by atoms with van der Waals surface area (Å²) < 4.78 is 96.7. The second kappa shape index (κ2) is 7.57. The van der Waals surface area contributed by atoms with Crippen LogP contribution in [0.1, 0.15) is 69.4 Å². The van der Waals surface area contributed by atoms with Crippen molar-refractivity contribution >= 4 is 0 Å². The van der Waals surface area contributed by atoms with Gasteiger partial charge < -0.3 is 0 Å². The van der Waals surface area contributed by atoms with Gasteiger partial charge >= 0.3 is 6.18 Å². The summed E-state index contributed by atoms with van der Waals surface area (Å²) in [6.07, 6.45) is -4.86. The largest absolute Gasteiger partial charge is 0.416 e. The maximum atomic E-state index is 15.2. The van der Waals surface area contributed by atoms with Crippen LogP contribution in [-0.4, -0.2) is 0 Å². The molecule has 30 heavy (non-hydrogen) atoms. The summed E-state index contributed by atoms with van der Waals surface area (Å²) in [5.41, 5.74) is -3.68. The summed E-state index contributed by atoms with van der Waals surface area (Å²) in [6, 6.07) is 4.74. The van der Waals surface area contributed by atoms with E-state index >= 15 is 4.39 Å². The fourth-order valence-corrected chi connectivity index (χ4v) is 3.38. The highest BCUT2D eigenvalue weighted by atomic mass is 19.4. The summed E-state index contributed by atoms with van der Waals surface area (Å²) in [5.74, 6) is -5.27. The molecule has 0 N–H and O–H groups in total. The van der Waals surface area contributed by atoms with E-state index in [0.29, 0.717) is 6.92 Å². The van der Waals surface area contributed by atoms with Gasteiger partial charge in [0, 0.05) is 6.92 Å². The third-order valence-corrected chi connectivity index (χ3v) is 5.14. The molecule has 0 aliphatic rings. The maximum Gasteiger partial charge on any atom is 0.416 e. The minimum atomic E-state index is -4.67. The van der Waals surface area contributed by atoms with Crippen molar-refractivity contribution in [1.82, 2.24) is 0 Å². The van der Waals surface area contributed by atoms with Gasteiger partial charge in [0.2, 0.25) is 0 Å². The van der Waals surface area contributed by atoms with Gasteiger partial charge in [-0.3, -0.25) is 0 Å². The molecule has 2 aromatic carbocycles. The van der Waals surface area contributed by atoms with E-state index in [9.17, 15) is 26.3 Å². The van der Waals surface area contributed by atoms with Gasteiger partial charge in [0.05, 0.1) is 11.1 Å². The third-order valence-electron chi connectivity index (χ3n) is 5.14. The first-order valence-corrected chi connectivity index (χ1v) is 9.42. The van der Waals surface area contributed by atoms with Crippen LogP contribution in [0, 0.1) is 11.6 Å². The number of hydrogen-bond donors (Lipinski definition) is 0. The van der Waals surface area contributed by atoms with Crippen molar-refractivity contribution in [1.29, 1.82) is 0 Å².